The van der Waals surface area contributed by atoms with Crippen molar-refractivity contribution in [2.24, 2.45) is 0 Å². The van der Waals surface area contributed by atoms with Gasteiger partial charge in [-0.1, -0.05) is 0 Å². The zero-order chi connectivity index (χ0) is 39.6. The Hall–Kier alpha value is -5.41. The molecule has 0 aliphatic carbocycles. The number of benzene rings is 1. The second-order valence-electron chi connectivity index (χ2n) is 11.5. The maximum atomic E-state index is 12.5. The largest absolute Gasteiger partial charge is 0.463 e. The number of carbonyl (C=O) groups excluding carboxylic acids is 7. The molecule has 2 saturated heterocycles. The van der Waals surface area contributed by atoms with Crippen LogP contribution in [0.2, 0.25) is 0 Å². The van der Waals surface area contributed by atoms with Crippen molar-refractivity contribution in [1.82, 2.24) is 0 Å². The van der Waals surface area contributed by atoms with E-state index in [0.29, 0.717) is 0 Å². The van der Waals surface area contributed by atoms with E-state index in [2.05, 4.69) is 0 Å². The predicted octanol–water partition coefficient (Wildman–Crippen LogP) is 0.593. The van der Waals surface area contributed by atoms with Gasteiger partial charge >= 0.3 is 41.8 Å². The fourth-order valence-electron chi connectivity index (χ4n) is 5.35. The lowest BCUT2D eigenvalue weighted by Crippen LogP contribution is -2.67. The van der Waals surface area contributed by atoms with Crippen molar-refractivity contribution in [2.75, 3.05) is 13.2 Å². The van der Waals surface area contributed by atoms with E-state index in [1.54, 1.807) is 0 Å². The number of nitrogens with zero attached hydrogens (tertiary/aromatic N) is 1. The van der Waals surface area contributed by atoms with Gasteiger partial charge in [0.2, 0.25) is 6.29 Å². The molecule has 21 heteroatoms. The molecule has 0 radical (unpaired) electrons. The molecule has 53 heavy (non-hydrogen) atoms. The number of carbonyl (C=O) groups is 7. The summed E-state index contributed by atoms with van der Waals surface area (Å²) >= 11 is 0. The van der Waals surface area contributed by atoms with Crippen molar-refractivity contribution in [3.63, 3.8) is 0 Å². The lowest BCUT2D eigenvalue weighted by molar-refractivity contribution is -0.384. The number of rotatable bonds is 14. The molecule has 10 unspecified atom stereocenters. The molecule has 0 amide bonds. The van der Waals surface area contributed by atoms with Gasteiger partial charge in [0.05, 0.1) is 4.92 Å². The monoisotopic (exact) mass is 757 g/mol. The van der Waals surface area contributed by atoms with Crippen LogP contribution in [0.15, 0.2) is 24.3 Å². The van der Waals surface area contributed by atoms with Crippen LogP contribution in [-0.2, 0) is 80.9 Å². The average Bonchev–Trinajstić information content (AvgIpc) is 3.03. The summed E-state index contributed by atoms with van der Waals surface area (Å²) in [6, 6.07) is 4.65. The van der Waals surface area contributed by atoms with E-state index in [0.717, 1.165) is 60.6 Å². The van der Waals surface area contributed by atoms with Crippen molar-refractivity contribution in [3.8, 4) is 5.75 Å². The number of non-ortho nitro benzene ring substituents is 1. The second kappa shape index (κ2) is 18.9. The molecule has 2 aliphatic heterocycles. The highest BCUT2D eigenvalue weighted by Gasteiger charge is 2.58. The van der Waals surface area contributed by atoms with Gasteiger partial charge in [0, 0.05) is 60.6 Å². The van der Waals surface area contributed by atoms with E-state index in [1.165, 1.54) is 12.1 Å². The van der Waals surface area contributed by atoms with Crippen LogP contribution in [0.4, 0.5) is 5.69 Å². The second-order valence-corrected chi connectivity index (χ2v) is 11.5. The molecule has 292 valence electrons. The summed E-state index contributed by atoms with van der Waals surface area (Å²) in [6.07, 6.45) is -16.6. The van der Waals surface area contributed by atoms with Crippen molar-refractivity contribution < 1.29 is 90.6 Å². The van der Waals surface area contributed by atoms with Gasteiger partial charge in [-0.05, 0) is 12.1 Å². The molecule has 2 heterocycles. The number of hydrogen-bond acceptors (Lipinski definition) is 20. The van der Waals surface area contributed by atoms with E-state index in [1.807, 2.05) is 0 Å². The number of nitro benzene ring substituents is 1. The van der Waals surface area contributed by atoms with Crippen molar-refractivity contribution in [3.05, 3.63) is 34.4 Å². The maximum absolute atomic E-state index is 12.5. The molecule has 1 aromatic carbocycles. The third-order valence-corrected chi connectivity index (χ3v) is 7.19. The van der Waals surface area contributed by atoms with Gasteiger partial charge in [-0.25, -0.2) is 0 Å². The highest BCUT2D eigenvalue weighted by Crippen LogP contribution is 2.36. The molecule has 0 N–H and O–H groups in total. The quantitative estimate of drug-likeness (QED) is 0.109. The molecule has 0 saturated carbocycles. The van der Waals surface area contributed by atoms with Crippen LogP contribution in [0.3, 0.4) is 0 Å². The normalized spacial score (nSPS) is 27.9. The Morgan fingerprint density at radius 1 is 0.547 bits per heavy atom. The van der Waals surface area contributed by atoms with Gasteiger partial charge < -0.3 is 52.1 Å². The van der Waals surface area contributed by atoms with Crippen molar-refractivity contribution >= 4 is 47.5 Å². The first-order valence-corrected chi connectivity index (χ1v) is 15.9. The van der Waals surface area contributed by atoms with E-state index < -0.39 is 121 Å². The maximum Gasteiger partial charge on any atom is 0.303 e. The minimum Gasteiger partial charge on any atom is -0.463 e. The molecule has 21 nitrogen and oxygen atoms in total. The van der Waals surface area contributed by atoms with Gasteiger partial charge in [0.25, 0.3) is 5.69 Å². The molecular weight excluding hydrogens is 718 g/mol. The summed E-state index contributed by atoms with van der Waals surface area (Å²) in [6.45, 7) is 6.01. The standard InChI is InChI=1S/C32H39NO20/c1-14(34)43-12-23-25(45-16(3)36)27(47-18(5)38)29(48-19(6)39)32(52-23)53-28-26(46-17(4)37)24(13-44-15(2)35)51-31(30(28)49-20(7)40)50-22-10-8-21(9-11-22)33(41)42/h8-11,23-32H,12-13H2,1-7H3. The molecule has 2 aliphatic rings. The first kappa shape index (κ1) is 42.0. The van der Waals surface area contributed by atoms with Crippen LogP contribution in [0.5, 0.6) is 5.75 Å². The molecule has 3 rings (SSSR count). The minimum absolute atomic E-state index is 0.0408. The Morgan fingerprint density at radius 2 is 0.925 bits per heavy atom. The summed E-state index contributed by atoms with van der Waals surface area (Å²) in [5, 5.41) is 11.2. The molecule has 1 aromatic rings. The highest BCUT2D eigenvalue weighted by molar-refractivity contribution is 5.69. The first-order chi connectivity index (χ1) is 24.9. The van der Waals surface area contributed by atoms with E-state index in [-0.39, 0.29) is 11.4 Å². The lowest BCUT2D eigenvalue weighted by Gasteiger charge is -2.48. The van der Waals surface area contributed by atoms with E-state index in [9.17, 15) is 43.7 Å². The smallest absolute Gasteiger partial charge is 0.303 e. The number of ether oxygens (including phenoxy) is 11. The average molecular weight is 758 g/mol. The van der Waals surface area contributed by atoms with Crippen molar-refractivity contribution in [2.45, 2.75) is 110 Å². The Kier molecular flexibility index (Phi) is 15.0. The van der Waals surface area contributed by atoms with Crippen molar-refractivity contribution in [1.29, 1.82) is 0 Å². The van der Waals surface area contributed by atoms with Crippen LogP contribution in [-0.4, -0.2) is 121 Å². The zero-order valence-electron chi connectivity index (χ0n) is 29.6. The van der Waals surface area contributed by atoms with Gasteiger partial charge in [0.15, 0.2) is 36.8 Å². The Balaban J connectivity index is 2.21. The zero-order valence-corrected chi connectivity index (χ0v) is 29.6. The van der Waals surface area contributed by atoms with Crippen LogP contribution in [0.1, 0.15) is 48.5 Å². The third kappa shape index (κ3) is 12.4. The molecule has 0 aromatic heterocycles. The van der Waals surface area contributed by atoms with Gasteiger partial charge in [-0.2, -0.15) is 0 Å². The fraction of sp³-hybridized carbons (Fsp3) is 0.594. The van der Waals surface area contributed by atoms with Gasteiger partial charge in [-0.3, -0.25) is 43.7 Å². The lowest BCUT2D eigenvalue weighted by atomic mass is 9.96. The minimum atomic E-state index is -1.88. The number of esters is 7. The number of nitro groups is 1. The summed E-state index contributed by atoms with van der Waals surface area (Å²) in [5.74, 6) is -6.24. The summed E-state index contributed by atoms with van der Waals surface area (Å²) in [5.41, 5.74) is -0.286. The van der Waals surface area contributed by atoms with Crippen LogP contribution in [0.25, 0.3) is 0 Å². The molecule has 10 atom stereocenters. The van der Waals surface area contributed by atoms with Crippen LogP contribution in [0, 0.1) is 10.1 Å². The number of hydrogen-bond donors (Lipinski definition) is 0. The summed E-state index contributed by atoms with van der Waals surface area (Å²) in [7, 11) is 0. The van der Waals surface area contributed by atoms with E-state index >= 15 is 0 Å². The summed E-state index contributed by atoms with van der Waals surface area (Å²) < 4.78 is 61.9. The predicted molar refractivity (Wildman–Crippen MR) is 167 cm³/mol. The Labute approximate surface area is 301 Å². The fourth-order valence-corrected chi connectivity index (χ4v) is 5.35. The Morgan fingerprint density at radius 3 is 1.34 bits per heavy atom. The highest BCUT2D eigenvalue weighted by atomic mass is 16.8. The van der Waals surface area contributed by atoms with Crippen LogP contribution < -0.4 is 4.74 Å². The molecular formula is C32H39NO20. The SMILES string of the molecule is CC(=O)OCC1OC(OC2C(OC(C)=O)C(COC(C)=O)OC(Oc3ccc([N+](=O)[O-])cc3)C2OC(C)=O)C(OC(C)=O)C(OC(C)=O)C1OC(C)=O. The van der Waals surface area contributed by atoms with Gasteiger partial charge in [-0.15, -0.1) is 0 Å². The molecule has 2 fully saturated rings. The third-order valence-electron chi connectivity index (χ3n) is 7.19. The molecule has 0 bridgehead atoms. The Bertz CT molecular complexity index is 1530. The molecule has 0 spiro atoms. The van der Waals surface area contributed by atoms with Gasteiger partial charge in [0.1, 0.15) is 37.3 Å². The van der Waals surface area contributed by atoms with Crippen LogP contribution >= 0.6 is 0 Å². The topological polar surface area (TPSA) is 264 Å². The first-order valence-electron chi connectivity index (χ1n) is 15.9. The van der Waals surface area contributed by atoms with E-state index in [4.69, 9.17) is 52.1 Å². The summed E-state index contributed by atoms with van der Waals surface area (Å²) in [4.78, 5) is 96.1.